The molecular formula is C31H30FN5O2S2. The summed E-state index contributed by atoms with van der Waals surface area (Å²) in [6.07, 6.45) is 1.79. The van der Waals surface area contributed by atoms with E-state index in [0.29, 0.717) is 65.4 Å². The number of carbonyl (C=O) groups excluding carboxylic acids is 1. The van der Waals surface area contributed by atoms with Crippen molar-refractivity contribution >= 4 is 51.8 Å². The number of hydrogen-bond donors (Lipinski definition) is 0. The third-order valence-electron chi connectivity index (χ3n) is 7.54. The Morgan fingerprint density at radius 2 is 1.63 bits per heavy atom. The molecule has 0 bridgehead atoms. The predicted octanol–water partition coefficient (Wildman–Crippen LogP) is 5.22. The number of nitrogens with zero attached hydrogens (tertiary/aromatic N) is 5. The van der Waals surface area contributed by atoms with Gasteiger partial charge in [0, 0.05) is 44.0 Å². The number of aromatic nitrogens is 1. The number of benzene rings is 2. The number of hydrogen-bond acceptors (Lipinski definition) is 7. The zero-order valence-electron chi connectivity index (χ0n) is 23.2. The molecule has 0 saturated carbocycles. The van der Waals surface area contributed by atoms with Gasteiger partial charge in [0.1, 0.15) is 27.6 Å². The highest BCUT2D eigenvalue weighted by Crippen LogP contribution is 2.37. The highest BCUT2D eigenvalue weighted by molar-refractivity contribution is 8.26. The Bertz CT molecular complexity index is 1630. The van der Waals surface area contributed by atoms with Gasteiger partial charge >= 0.3 is 0 Å². The first-order valence-electron chi connectivity index (χ1n) is 13.5. The van der Waals surface area contributed by atoms with Gasteiger partial charge in [-0.25, -0.2) is 4.39 Å². The summed E-state index contributed by atoms with van der Waals surface area (Å²) >= 11 is 6.83. The third kappa shape index (κ3) is 5.65. The summed E-state index contributed by atoms with van der Waals surface area (Å²) < 4.78 is 15.5. The van der Waals surface area contributed by atoms with Crippen molar-refractivity contribution in [3.8, 4) is 6.07 Å². The molecule has 0 radical (unpaired) electrons. The number of thiocarbonyl (C=S) groups is 1. The van der Waals surface area contributed by atoms with Crippen molar-refractivity contribution in [2.24, 2.45) is 0 Å². The summed E-state index contributed by atoms with van der Waals surface area (Å²) in [6.45, 7) is 8.95. The zero-order chi connectivity index (χ0) is 29.3. The second-order valence-corrected chi connectivity index (χ2v) is 11.8. The summed E-state index contributed by atoms with van der Waals surface area (Å²) in [5.74, 6) is 0.220. The smallest absolute Gasteiger partial charge is 0.270 e. The third-order valence-corrected chi connectivity index (χ3v) is 8.92. The van der Waals surface area contributed by atoms with E-state index >= 15 is 0 Å². The molecule has 0 unspecified atom stereocenters. The molecule has 210 valence electrons. The van der Waals surface area contributed by atoms with Crippen LogP contribution in [0, 0.1) is 31.0 Å². The predicted molar refractivity (Wildman–Crippen MR) is 167 cm³/mol. The highest BCUT2D eigenvalue weighted by atomic mass is 32.2. The van der Waals surface area contributed by atoms with Gasteiger partial charge in [0.15, 0.2) is 0 Å². The van der Waals surface area contributed by atoms with Crippen LogP contribution in [0.25, 0.3) is 6.08 Å². The molecule has 1 amide bonds. The topological polar surface area (TPSA) is 72.6 Å². The fraction of sp³-hybridized carbons (Fsp3) is 0.290. The van der Waals surface area contributed by atoms with E-state index < -0.39 is 0 Å². The van der Waals surface area contributed by atoms with Gasteiger partial charge in [0.2, 0.25) is 0 Å². The Labute approximate surface area is 248 Å². The second-order valence-electron chi connectivity index (χ2n) is 10.1. The van der Waals surface area contributed by atoms with Crippen molar-refractivity contribution < 1.29 is 9.18 Å². The summed E-state index contributed by atoms with van der Waals surface area (Å²) in [4.78, 5) is 33.3. The number of nitriles is 1. The molecule has 3 heterocycles. The SMILES string of the molecule is CCn1c(N2CCN(c3ccc(F)cc3)CC2)c(/C=C2\SC(=S)N(Cc3ccc(C)cc3)C2=O)c(C)c(C#N)c1=O. The molecular weight excluding hydrogens is 558 g/mol. The van der Waals surface area contributed by atoms with E-state index in [9.17, 15) is 19.2 Å². The molecule has 0 aliphatic carbocycles. The number of amides is 1. The first kappa shape index (κ1) is 28.6. The Balaban J connectivity index is 1.50. The molecule has 7 nitrogen and oxygen atoms in total. The number of anilines is 2. The molecule has 5 rings (SSSR count). The maximum absolute atomic E-state index is 13.6. The summed E-state index contributed by atoms with van der Waals surface area (Å²) in [7, 11) is 0. The van der Waals surface area contributed by atoms with Crippen molar-refractivity contribution in [1.82, 2.24) is 9.47 Å². The van der Waals surface area contributed by atoms with Crippen molar-refractivity contribution in [3.05, 3.63) is 97.4 Å². The Kier molecular flexibility index (Phi) is 8.29. The normalized spacial score (nSPS) is 16.6. The maximum Gasteiger partial charge on any atom is 0.270 e. The van der Waals surface area contributed by atoms with Crippen LogP contribution in [-0.4, -0.2) is 45.9 Å². The second kappa shape index (κ2) is 11.9. The van der Waals surface area contributed by atoms with E-state index in [0.717, 1.165) is 16.8 Å². The lowest BCUT2D eigenvalue weighted by Gasteiger charge is -2.39. The highest BCUT2D eigenvalue weighted by Gasteiger charge is 2.33. The van der Waals surface area contributed by atoms with Crippen LogP contribution in [0.3, 0.4) is 0 Å². The number of aryl methyl sites for hydroxylation is 1. The number of pyridine rings is 1. The van der Waals surface area contributed by atoms with E-state index in [1.165, 1.54) is 23.9 Å². The number of halogens is 1. The largest absolute Gasteiger partial charge is 0.368 e. The van der Waals surface area contributed by atoms with Crippen LogP contribution in [0.4, 0.5) is 15.9 Å². The van der Waals surface area contributed by atoms with E-state index in [1.54, 1.807) is 34.6 Å². The lowest BCUT2D eigenvalue weighted by molar-refractivity contribution is -0.122. The number of piperazine rings is 1. The van der Waals surface area contributed by atoms with Gasteiger partial charge in [-0.3, -0.25) is 19.1 Å². The molecule has 10 heteroatoms. The van der Waals surface area contributed by atoms with E-state index in [4.69, 9.17) is 12.2 Å². The van der Waals surface area contributed by atoms with E-state index in [2.05, 4.69) is 15.9 Å². The number of thioether (sulfide) groups is 1. The van der Waals surface area contributed by atoms with Crippen LogP contribution in [-0.2, 0) is 17.9 Å². The minimum atomic E-state index is -0.340. The van der Waals surface area contributed by atoms with Gasteiger partial charge in [0.05, 0.1) is 11.4 Å². The first-order chi connectivity index (χ1) is 19.7. The van der Waals surface area contributed by atoms with Crippen molar-refractivity contribution in [2.75, 3.05) is 36.0 Å². The van der Waals surface area contributed by atoms with Crippen LogP contribution >= 0.6 is 24.0 Å². The average Bonchev–Trinajstić information content (AvgIpc) is 3.23. The van der Waals surface area contributed by atoms with E-state index in [1.807, 2.05) is 38.1 Å². The fourth-order valence-corrected chi connectivity index (χ4v) is 6.49. The maximum atomic E-state index is 13.6. The van der Waals surface area contributed by atoms with Gasteiger partial charge < -0.3 is 9.80 Å². The minimum Gasteiger partial charge on any atom is -0.368 e. The van der Waals surface area contributed by atoms with Crippen molar-refractivity contribution in [1.29, 1.82) is 5.26 Å². The molecule has 0 atom stereocenters. The zero-order valence-corrected chi connectivity index (χ0v) is 24.8. The molecule has 2 fully saturated rings. The summed E-state index contributed by atoms with van der Waals surface area (Å²) in [6, 6.07) is 16.5. The standard InChI is InChI=1S/C31H30FN5O2S2/c1-4-36-28(35-15-13-34(14-16-35)24-11-9-23(32)10-12-24)25(21(3)26(18-33)29(36)38)17-27-30(39)37(31(40)41-27)19-22-7-5-20(2)6-8-22/h5-12,17H,4,13-16,19H2,1-3H3/b27-17-. The van der Waals surface area contributed by atoms with Crippen LogP contribution in [0.1, 0.15) is 34.7 Å². The molecule has 2 aliphatic heterocycles. The molecule has 3 aromatic rings. The Morgan fingerprint density at radius 1 is 1.00 bits per heavy atom. The summed E-state index contributed by atoms with van der Waals surface area (Å²) in [5.41, 5.74) is 4.01. The van der Waals surface area contributed by atoms with Crippen LogP contribution in [0.15, 0.2) is 58.2 Å². The van der Waals surface area contributed by atoms with Gasteiger partial charge in [0.25, 0.3) is 11.5 Å². The van der Waals surface area contributed by atoms with Crippen molar-refractivity contribution in [3.63, 3.8) is 0 Å². The van der Waals surface area contributed by atoms with Crippen molar-refractivity contribution in [2.45, 2.75) is 33.9 Å². The molecule has 2 saturated heterocycles. The molecule has 2 aliphatic rings. The van der Waals surface area contributed by atoms with Crippen LogP contribution in [0.5, 0.6) is 0 Å². The van der Waals surface area contributed by atoms with Gasteiger partial charge in [-0.15, -0.1) is 0 Å². The molecule has 41 heavy (non-hydrogen) atoms. The number of rotatable bonds is 6. The monoisotopic (exact) mass is 587 g/mol. The summed E-state index contributed by atoms with van der Waals surface area (Å²) in [5, 5.41) is 9.87. The lowest BCUT2D eigenvalue weighted by atomic mass is 10.0. The molecule has 0 N–H and O–H groups in total. The quantitative estimate of drug-likeness (QED) is 0.289. The molecule has 1 aromatic heterocycles. The molecule has 2 aromatic carbocycles. The fourth-order valence-electron chi connectivity index (χ4n) is 5.25. The first-order valence-corrected chi connectivity index (χ1v) is 14.7. The Hall–Kier alpha value is -3.94. The Morgan fingerprint density at radius 3 is 2.24 bits per heavy atom. The van der Waals surface area contributed by atoms with Crippen LogP contribution in [0.2, 0.25) is 0 Å². The van der Waals surface area contributed by atoms with Gasteiger partial charge in [-0.1, -0.05) is 53.8 Å². The lowest BCUT2D eigenvalue weighted by Crippen LogP contribution is -2.48. The number of carbonyl (C=O) groups is 1. The van der Waals surface area contributed by atoms with E-state index in [-0.39, 0.29) is 22.8 Å². The molecule has 0 spiro atoms. The van der Waals surface area contributed by atoms with Gasteiger partial charge in [-0.05, 0) is 62.2 Å². The average molecular weight is 588 g/mol. The van der Waals surface area contributed by atoms with Gasteiger partial charge in [-0.2, -0.15) is 5.26 Å². The minimum absolute atomic E-state index is 0.0712. The van der Waals surface area contributed by atoms with Crippen LogP contribution < -0.4 is 15.4 Å².